The first-order valence-corrected chi connectivity index (χ1v) is 6.43. The molecule has 0 unspecified atom stereocenters. The average Bonchev–Trinajstić information content (AvgIpc) is 2.69. The smallest absolute Gasteiger partial charge is 0.305 e. The van der Waals surface area contributed by atoms with Crippen LogP contribution in [0.15, 0.2) is 29.1 Å². The van der Waals surface area contributed by atoms with Gasteiger partial charge in [0.05, 0.1) is 12.8 Å². The SMILES string of the molecule is COc1ccccc1-c1[nH]c(=O)sc1CN(C)C. The molecule has 0 atom stereocenters. The summed E-state index contributed by atoms with van der Waals surface area (Å²) >= 11 is 1.25. The molecule has 0 aliphatic heterocycles. The van der Waals surface area contributed by atoms with E-state index < -0.39 is 0 Å². The van der Waals surface area contributed by atoms with E-state index in [0.717, 1.165) is 28.4 Å². The molecule has 5 heteroatoms. The highest BCUT2D eigenvalue weighted by Crippen LogP contribution is 2.31. The Bertz CT molecular complexity index is 587. The second kappa shape index (κ2) is 5.37. The molecule has 96 valence electrons. The zero-order valence-electron chi connectivity index (χ0n) is 10.7. The summed E-state index contributed by atoms with van der Waals surface area (Å²) in [6, 6.07) is 7.70. The van der Waals surface area contributed by atoms with Gasteiger partial charge in [0.2, 0.25) is 0 Å². The summed E-state index contributed by atoms with van der Waals surface area (Å²) < 4.78 is 5.34. The van der Waals surface area contributed by atoms with Crippen molar-refractivity contribution in [2.75, 3.05) is 21.2 Å². The van der Waals surface area contributed by atoms with Gasteiger partial charge in [-0.1, -0.05) is 23.5 Å². The Morgan fingerprint density at radius 2 is 2.06 bits per heavy atom. The van der Waals surface area contributed by atoms with Gasteiger partial charge >= 0.3 is 4.87 Å². The third-order valence-corrected chi connectivity index (χ3v) is 3.43. The van der Waals surface area contributed by atoms with Crippen molar-refractivity contribution < 1.29 is 4.74 Å². The minimum Gasteiger partial charge on any atom is -0.496 e. The van der Waals surface area contributed by atoms with Crippen molar-refractivity contribution in [2.24, 2.45) is 0 Å². The number of nitrogens with one attached hydrogen (secondary N) is 1. The molecule has 18 heavy (non-hydrogen) atoms. The first-order valence-electron chi connectivity index (χ1n) is 5.62. The molecule has 0 fully saturated rings. The highest BCUT2D eigenvalue weighted by Gasteiger charge is 2.14. The average molecular weight is 264 g/mol. The van der Waals surface area contributed by atoms with Gasteiger partial charge in [-0.05, 0) is 26.2 Å². The normalized spacial score (nSPS) is 10.9. The number of benzene rings is 1. The van der Waals surface area contributed by atoms with E-state index in [1.165, 1.54) is 11.3 Å². The van der Waals surface area contributed by atoms with E-state index in [-0.39, 0.29) is 4.87 Å². The van der Waals surface area contributed by atoms with Crippen LogP contribution in [-0.4, -0.2) is 31.1 Å². The lowest BCUT2D eigenvalue weighted by molar-refractivity contribution is 0.405. The topological polar surface area (TPSA) is 45.3 Å². The number of hydrogen-bond donors (Lipinski definition) is 1. The predicted octanol–water partition coefficient (Wildman–Crippen LogP) is 2.17. The lowest BCUT2D eigenvalue weighted by Crippen LogP contribution is -2.10. The van der Waals surface area contributed by atoms with E-state index in [1.807, 2.05) is 43.3 Å². The van der Waals surface area contributed by atoms with Gasteiger partial charge in [-0.15, -0.1) is 0 Å². The molecule has 0 aliphatic rings. The van der Waals surface area contributed by atoms with Crippen LogP contribution in [-0.2, 0) is 6.54 Å². The second-order valence-electron chi connectivity index (χ2n) is 4.25. The van der Waals surface area contributed by atoms with Crippen molar-refractivity contribution in [1.29, 1.82) is 0 Å². The van der Waals surface area contributed by atoms with Crippen LogP contribution >= 0.6 is 11.3 Å². The maximum absolute atomic E-state index is 11.6. The molecule has 4 nitrogen and oxygen atoms in total. The Kier molecular flexibility index (Phi) is 3.84. The van der Waals surface area contributed by atoms with Gasteiger partial charge in [-0.2, -0.15) is 0 Å². The first-order chi connectivity index (χ1) is 8.61. The number of methoxy groups -OCH3 is 1. The molecule has 1 aromatic carbocycles. The van der Waals surface area contributed by atoms with E-state index in [2.05, 4.69) is 4.98 Å². The molecule has 0 saturated carbocycles. The minimum absolute atomic E-state index is 0.0345. The molecule has 1 heterocycles. The number of thiazole rings is 1. The van der Waals surface area contributed by atoms with Gasteiger partial charge in [0, 0.05) is 17.0 Å². The molecule has 0 radical (unpaired) electrons. The van der Waals surface area contributed by atoms with Gasteiger partial charge in [0.25, 0.3) is 0 Å². The van der Waals surface area contributed by atoms with Crippen LogP contribution < -0.4 is 9.61 Å². The summed E-state index contributed by atoms with van der Waals surface area (Å²) in [7, 11) is 5.60. The lowest BCUT2D eigenvalue weighted by atomic mass is 10.1. The van der Waals surface area contributed by atoms with Crippen LogP contribution in [0.2, 0.25) is 0 Å². The molecule has 2 rings (SSSR count). The minimum atomic E-state index is -0.0345. The van der Waals surface area contributed by atoms with Crippen LogP contribution in [0.3, 0.4) is 0 Å². The fourth-order valence-corrected chi connectivity index (χ4v) is 2.79. The Hall–Kier alpha value is -1.59. The predicted molar refractivity (Wildman–Crippen MR) is 74.3 cm³/mol. The van der Waals surface area contributed by atoms with Gasteiger partial charge < -0.3 is 14.6 Å². The molecule has 0 amide bonds. The highest BCUT2D eigenvalue weighted by molar-refractivity contribution is 7.09. The van der Waals surface area contributed by atoms with Gasteiger partial charge in [-0.25, -0.2) is 0 Å². The van der Waals surface area contributed by atoms with E-state index in [4.69, 9.17) is 4.74 Å². The number of aromatic amines is 1. The van der Waals surface area contributed by atoms with Crippen molar-refractivity contribution >= 4 is 11.3 Å². The van der Waals surface area contributed by atoms with Crippen molar-refractivity contribution in [1.82, 2.24) is 9.88 Å². The van der Waals surface area contributed by atoms with Crippen LogP contribution in [0.25, 0.3) is 11.3 Å². The summed E-state index contributed by atoms with van der Waals surface area (Å²) in [4.78, 5) is 17.5. The third-order valence-electron chi connectivity index (χ3n) is 2.56. The zero-order valence-corrected chi connectivity index (χ0v) is 11.5. The number of aromatic nitrogens is 1. The summed E-state index contributed by atoms with van der Waals surface area (Å²) in [5.41, 5.74) is 1.78. The van der Waals surface area contributed by atoms with Crippen molar-refractivity contribution in [3.63, 3.8) is 0 Å². The number of para-hydroxylation sites is 1. The monoisotopic (exact) mass is 264 g/mol. The highest BCUT2D eigenvalue weighted by atomic mass is 32.1. The third kappa shape index (κ3) is 2.63. The Balaban J connectivity index is 2.53. The first kappa shape index (κ1) is 12.9. The van der Waals surface area contributed by atoms with Gasteiger partial charge in [-0.3, -0.25) is 4.79 Å². The van der Waals surface area contributed by atoms with Gasteiger partial charge in [0.15, 0.2) is 0 Å². The molecule has 0 spiro atoms. The summed E-state index contributed by atoms with van der Waals surface area (Å²) in [6.45, 7) is 0.733. The summed E-state index contributed by atoms with van der Waals surface area (Å²) in [5, 5.41) is 0. The van der Waals surface area contributed by atoms with Gasteiger partial charge in [0.1, 0.15) is 5.75 Å². The largest absolute Gasteiger partial charge is 0.496 e. The van der Waals surface area contributed by atoms with Crippen LogP contribution in [0.5, 0.6) is 5.75 Å². The van der Waals surface area contributed by atoms with Crippen molar-refractivity contribution in [2.45, 2.75) is 6.54 Å². The van der Waals surface area contributed by atoms with E-state index in [9.17, 15) is 4.79 Å². The maximum Gasteiger partial charge on any atom is 0.305 e. The van der Waals surface area contributed by atoms with E-state index >= 15 is 0 Å². The molecular formula is C13H16N2O2S. The number of ether oxygens (including phenoxy) is 1. The maximum atomic E-state index is 11.6. The summed E-state index contributed by atoms with van der Waals surface area (Å²) in [5.74, 6) is 0.770. The number of H-pyrrole nitrogens is 1. The van der Waals surface area contributed by atoms with Crippen molar-refractivity contribution in [3.8, 4) is 17.0 Å². The van der Waals surface area contributed by atoms with Crippen LogP contribution in [0, 0.1) is 0 Å². The second-order valence-corrected chi connectivity index (χ2v) is 5.32. The Morgan fingerprint density at radius 3 is 2.72 bits per heavy atom. The van der Waals surface area contributed by atoms with Crippen molar-refractivity contribution in [3.05, 3.63) is 38.8 Å². The zero-order chi connectivity index (χ0) is 13.1. The molecular weight excluding hydrogens is 248 g/mol. The Labute approximate surface area is 110 Å². The quantitative estimate of drug-likeness (QED) is 0.920. The Morgan fingerprint density at radius 1 is 1.33 bits per heavy atom. The fraction of sp³-hybridized carbons (Fsp3) is 0.308. The van der Waals surface area contributed by atoms with E-state index in [0.29, 0.717) is 0 Å². The molecule has 1 aromatic heterocycles. The molecule has 0 bridgehead atoms. The molecule has 1 N–H and O–H groups in total. The van der Waals surface area contributed by atoms with E-state index in [1.54, 1.807) is 7.11 Å². The van der Waals surface area contributed by atoms with Crippen LogP contribution in [0.1, 0.15) is 4.88 Å². The number of rotatable bonds is 4. The number of nitrogens with zero attached hydrogens (tertiary/aromatic N) is 1. The molecule has 0 saturated heterocycles. The molecule has 2 aromatic rings. The summed E-state index contributed by atoms with van der Waals surface area (Å²) in [6.07, 6.45) is 0. The lowest BCUT2D eigenvalue weighted by Gasteiger charge is -2.11. The standard InChI is InChI=1S/C13H16N2O2S/c1-15(2)8-11-12(14-13(16)18-11)9-6-4-5-7-10(9)17-3/h4-7H,8H2,1-3H3,(H,14,16). The molecule has 0 aliphatic carbocycles. The fourth-order valence-electron chi connectivity index (χ4n) is 1.83. The number of hydrogen-bond acceptors (Lipinski definition) is 4. The van der Waals surface area contributed by atoms with Crippen LogP contribution in [0.4, 0.5) is 0 Å².